The number of hydrogen-bond donors (Lipinski definition) is 0. The second kappa shape index (κ2) is 2.40. The lowest BCUT2D eigenvalue weighted by Crippen LogP contribution is -2.13. The summed E-state index contributed by atoms with van der Waals surface area (Å²) < 4.78 is 0. The van der Waals surface area contributed by atoms with Crippen molar-refractivity contribution in [3.05, 3.63) is 0 Å². The number of alkyl halides is 2. The molecule has 0 saturated carbocycles. The summed E-state index contributed by atoms with van der Waals surface area (Å²) in [6, 6.07) is 1.82. The highest BCUT2D eigenvalue weighted by Gasteiger charge is 2.16. The summed E-state index contributed by atoms with van der Waals surface area (Å²) in [6.07, 6.45) is 0. The molecule has 0 aliphatic rings. The molecule has 0 amide bonds. The number of hydrogen-bond acceptors (Lipinski definition) is 1. The highest BCUT2D eigenvalue weighted by atomic mass is 35.5. The predicted octanol–water partition coefficient (Wildman–Crippen LogP) is 1.75. The Morgan fingerprint density at radius 3 is 2.29 bits per heavy atom. The summed E-state index contributed by atoms with van der Waals surface area (Å²) in [4.78, 5) is -0.873. The second-order valence-electron chi connectivity index (χ2n) is 1.44. The van der Waals surface area contributed by atoms with Crippen molar-refractivity contribution in [2.24, 2.45) is 0 Å². The normalized spacial score (nSPS) is 17.4. The third kappa shape index (κ3) is 2.73. The van der Waals surface area contributed by atoms with Crippen molar-refractivity contribution in [1.29, 1.82) is 5.26 Å². The van der Waals surface area contributed by atoms with E-state index in [4.69, 9.17) is 28.5 Å². The van der Waals surface area contributed by atoms with Crippen LogP contribution in [0.5, 0.6) is 0 Å². The van der Waals surface area contributed by atoms with Gasteiger partial charge in [-0.25, -0.2) is 0 Å². The summed E-state index contributed by atoms with van der Waals surface area (Å²) in [5.74, 6) is 0.172. The highest BCUT2D eigenvalue weighted by molar-refractivity contribution is 6.32. The van der Waals surface area contributed by atoms with Crippen LogP contribution in [0.25, 0.3) is 0 Å². The van der Waals surface area contributed by atoms with Gasteiger partial charge in [-0.3, -0.25) is 0 Å². The topological polar surface area (TPSA) is 23.8 Å². The van der Waals surface area contributed by atoms with Gasteiger partial charge in [0, 0.05) is 0 Å². The lowest BCUT2D eigenvalue weighted by molar-refractivity contribution is 0.907. The minimum atomic E-state index is -0.873. The Balaban J connectivity index is 3.66. The van der Waals surface area contributed by atoms with Gasteiger partial charge in [-0.15, -0.1) is 23.2 Å². The Hall–Kier alpha value is 0.0700. The first kappa shape index (κ1) is 7.07. The quantitative estimate of drug-likeness (QED) is 0.506. The minimum Gasteiger partial charge on any atom is -0.196 e. The van der Waals surface area contributed by atoms with Crippen LogP contribution < -0.4 is 0 Å². The molecule has 0 N–H and O–H groups in total. The molecule has 0 aromatic rings. The lowest BCUT2D eigenvalue weighted by Gasteiger charge is -2.03. The van der Waals surface area contributed by atoms with Crippen molar-refractivity contribution in [2.75, 3.05) is 5.88 Å². The lowest BCUT2D eigenvalue weighted by atomic mass is 10.2. The van der Waals surface area contributed by atoms with Gasteiger partial charge in [0.05, 0.1) is 11.9 Å². The molecule has 1 atom stereocenters. The average molecular weight is 138 g/mol. The van der Waals surface area contributed by atoms with Gasteiger partial charge in [-0.05, 0) is 6.92 Å². The van der Waals surface area contributed by atoms with Crippen LogP contribution in [-0.4, -0.2) is 10.8 Å². The smallest absolute Gasteiger partial charge is 0.141 e. The molecule has 3 heteroatoms. The van der Waals surface area contributed by atoms with E-state index in [-0.39, 0.29) is 5.88 Å². The zero-order chi connectivity index (χ0) is 5.91. The van der Waals surface area contributed by atoms with Crippen molar-refractivity contribution in [2.45, 2.75) is 11.8 Å². The van der Waals surface area contributed by atoms with E-state index < -0.39 is 4.87 Å². The maximum absolute atomic E-state index is 8.13. The summed E-state index contributed by atoms with van der Waals surface area (Å²) in [7, 11) is 0. The van der Waals surface area contributed by atoms with E-state index in [2.05, 4.69) is 0 Å². The monoisotopic (exact) mass is 137 g/mol. The first-order valence-corrected chi connectivity index (χ1v) is 2.70. The van der Waals surface area contributed by atoms with Crippen LogP contribution in [0.3, 0.4) is 0 Å². The molecule has 0 radical (unpaired) electrons. The fraction of sp³-hybridized carbons (Fsp3) is 0.750. The van der Waals surface area contributed by atoms with Crippen LogP contribution in [0.15, 0.2) is 0 Å². The van der Waals surface area contributed by atoms with Gasteiger partial charge in [-0.2, -0.15) is 5.26 Å². The van der Waals surface area contributed by atoms with E-state index in [1.54, 1.807) is 6.92 Å². The van der Waals surface area contributed by atoms with Gasteiger partial charge < -0.3 is 0 Å². The molecule has 0 heterocycles. The molecule has 40 valence electrons. The van der Waals surface area contributed by atoms with E-state index in [0.717, 1.165) is 0 Å². The molecule has 0 spiro atoms. The number of halogens is 2. The van der Waals surface area contributed by atoms with Crippen LogP contribution in [0.1, 0.15) is 6.92 Å². The third-order valence-corrected chi connectivity index (χ3v) is 1.37. The van der Waals surface area contributed by atoms with Gasteiger partial charge in [-0.1, -0.05) is 0 Å². The fourth-order valence-corrected chi connectivity index (χ4v) is 0.0896. The molecule has 0 aromatic heterocycles. The first-order chi connectivity index (χ1) is 3.12. The minimum absolute atomic E-state index is 0.172. The number of nitrogens with zero attached hydrogens (tertiary/aromatic N) is 1. The molecule has 7 heavy (non-hydrogen) atoms. The summed E-state index contributed by atoms with van der Waals surface area (Å²) in [5.41, 5.74) is 0. The molecule has 1 unspecified atom stereocenters. The van der Waals surface area contributed by atoms with E-state index in [1.807, 2.05) is 6.07 Å². The Morgan fingerprint density at radius 2 is 2.29 bits per heavy atom. The Labute approximate surface area is 52.8 Å². The average Bonchev–Trinajstić information content (AvgIpc) is 1.68. The molecular formula is C4H5Cl2N. The zero-order valence-electron chi connectivity index (χ0n) is 3.91. The van der Waals surface area contributed by atoms with E-state index >= 15 is 0 Å². The molecule has 0 rings (SSSR count). The second-order valence-corrected chi connectivity index (χ2v) is 2.54. The van der Waals surface area contributed by atoms with Gasteiger partial charge in [0.25, 0.3) is 0 Å². The van der Waals surface area contributed by atoms with Crippen LogP contribution in [0.2, 0.25) is 0 Å². The molecule has 0 aliphatic carbocycles. The largest absolute Gasteiger partial charge is 0.196 e. The van der Waals surface area contributed by atoms with Crippen molar-refractivity contribution >= 4 is 23.2 Å². The molecule has 0 aliphatic heterocycles. The standard InChI is InChI=1S/C4H5Cl2N/c1-4(6,2-5)3-7/h2H2,1H3. The summed E-state index contributed by atoms with van der Waals surface area (Å²) >= 11 is 10.7. The third-order valence-electron chi connectivity index (χ3n) is 0.484. The maximum atomic E-state index is 8.13. The van der Waals surface area contributed by atoms with E-state index in [9.17, 15) is 0 Å². The van der Waals surface area contributed by atoms with Crippen LogP contribution >= 0.6 is 23.2 Å². The summed E-state index contributed by atoms with van der Waals surface area (Å²) in [6.45, 7) is 1.57. The Morgan fingerprint density at radius 1 is 1.86 bits per heavy atom. The van der Waals surface area contributed by atoms with Crippen molar-refractivity contribution in [3.8, 4) is 6.07 Å². The molecular weight excluding hydrogens is 133 g/mol. The van der Waals surface area contributed by atoms with Gasteiger partial charge in [0.15, 0.2) is 0 Å². The van der Waals surface area contributed by atoms with Crippen molar-refractivity contribution < 1.29 is 0 Å². The molecule has 0 bridgehead atoms. The van der Waals surface area contributed by atoms with Crippen LogP contribution in [-0.2, 0) is 0 Å². The van der Waals surface area contributed by atoms with Crippen molar-refractivity contribution in [1.82, 2.24) is 0 Å². The Kier molecular flexibility index (Phi) is 2.42. The zero-order valence-corrected chi connectivity index (χ0v) is 5.42. The van der Waals surface area contributed by atoms with Crippen LogP contribution in [0.4, 0.5) is 0 Å². The maximum Gasteiger partial charge on any atom is 0.141 e. The van der Waals surface area contributed by atoms with E-state index in [1.165, 1.54) is 0 Å². The first-order valence-electron chi connectivity index (χ1n) is 1.78. The number of rotatable bonds is 1. The predicted molar refractivity (Wildman–Crippen MR) is 30.6 cm³/mol. The van der Waals surface area contributed by atoms with Gasteiger partial charge in [0.1, 0.15) is 4.87 Å². The van der Waals surface area contributed by atoms with Gasteiger partial charge >= 0.3 is 0 Å². The van der Waals surface area contributed by atoms with Crippen LogP contribution in [0, 0.1) is 11.3 Å². The van der Waals surface area contributed by atoms with Gasteiger partial charge in [0.2, 0.25) is 0 Å². The summed E-state index contributed by atoms with van der Waals surface area (Å²) in [5, 5.41) is 8.13. The fourth-order valence-electron chi connectivity index (χ4n) is 0.0299. The van der Waals surface area contributed by atoms with Crippen molar-refractivity contribution in [3.63, 3.8) is 0 Å². The van der Waals surface area contributed by atoms with E-state index in [0.29, 0.717) is 0 Å². The molecule has 0 saturated heterocycles. The molecule has 0 fully saturated rings. The molecule has 0 aromatic carbocycles. The SMILES string of the molecule is CC(Cl)(C#N)CCl. The number of nitriles is 1. The Bertz CT molecular complexity index is 92.4. The molecule has 1 nitrogen and oxygen atoms in total. The highest BCUT2D eigenvalue weighted by Crippen LogP contribution is 2.13.